The average molecular weight is 371 g/mol. The van der Waals surface area contributed by atoms with Crippen molar-refractivity contribution in [1.82, 2.24) is 4.90 Å². The topological polar surface area (TPSA) is 60.9 Å². The molecule has 1 heterocycles. The summed E-state index contributed by atoms with van der Waals surface area (Å²) in [7, 11) is 0. The number of aliphatic hydroxyl groups is 1. The third kappa shape index (κ3) is 4.21. The van der Waals surface area contributed by atoms with Gasteiger partial charge in [0, 0.05) is 54.3 Å². The Bertz CT molecular complexity index is 620. The molecular weight excluding hydrogens is 351 g/mol. The summed E-state index contributed by atoms with van der Waals surface area (Å²) in [5.41, 5.74) is 0.920. The van der Waals surface area contributed by atoms with Crippen molar-refractivity contribution in [3.05, 3.63) is 28.2 Å². The number of hydrogen-bond acceptors (Lipinski definition) is 4. The van der Waals surface area contributed by atoms with Crippen LogP contribution in [0, 0.1) is 5.92 Å². The van der Waals surface area contributed by atoms with Gasteiger partial charge in [-0.15, -0.1) is 0 Å². The Kier molecular flexibility index (Phi) is 5.33. The Balaban J connectivity index is 1.54. The van der Waals surface area contributed by atoms with E-state index in [1.807, 2.05) is 12.1 Å². The Hall–Kier alpha value is -1.30. The number of anilines is 1. The largest absolute Gasteiger partial charge is 0.383 e. The number of aliphatic hydroxyl groups excluding tert-OH is 1. The molecule has 7 heteroatoms. The van der Waals surface area contributed by atoms with Crippen molar-refractivity contribution in [2.24, 2.45) is 5.92 Å². The standard InChI is InChI=1S/C17H20Cl2N2O3/c18-12-7-13(19)9-14(8-12)20-3-5-21(6-4-20)17(24)16(23)10-15(22)11-1-2-11/h7-9,11,16,23H,1-6,10H2. The molecule has 1 aliphatic heterocycles. The van der Waals surface area contributed by atoms with E-state index in [1.54, 1.807) is 11.0 Å². The molecule has 1 amide bonds. The van der Waals surface area contributed by atoms with Crippen molar-refractivity contribution in [2.75, 3.05) is 31.1 Å². The van der Waals surface area contributed by atoms with Crippen LogP contribution in [-0.4, -0.2) is 54.0 Å². The van der Waals surface area contributed by atoms with Crippen LogP contribution in [0.2, 0.25) is 10.0 Å². The van der Waals surface area contributed by atoms with Gasteiger partial charge in [-0.2, -0.15) is 0 Å². The molecule has 0 aromatic heterocycles. The molecule has 1 N–H and O–H groups in total. The van der Waals surface area contributed by atoms with Crippen LogP contribution in [0.1, 0.15) is 19.3 Å². The molecule has 1 aromatic carbocycles. The van der Waals surface area contributed by atoms with E-state index in [1.165, 1.54) is 0 Å². The van der Waals surface area contributed by atoms with Crippen molar-refractivity contribution in [3.63, 3.8) is 0 Å². The highest BCUT2D eigenvalue weighted by Crippen LogP contribution is 2.31. The molecule has 0 bridgehead atoms. The van der Waals surface area contributed by atoms with Crippen LogP contribution in [0.15, 0.2) is 18.2 Å². The van der Waals surface area contributed by atoms with Gasteiger partial charge < -0.3 is 14.9 Å². The number of hydrogen-bond donors (Lipinski definition) is 1. The van der Waals surface area contributed by atoms with Gasteiger partial charge in [0.2, 0.25) is 0 Å². The summed E-state index contributed by atoms with van der Waals surface area (Å²) in [6.07, 6.45) is 0.500. The molecule has 2 aliphatic rings. The number of nitrogens with zero attached hydrogens (tertiary/aromatic N) is 2. The lowest BCUT2D eigenvalue weighted by Crippen LogP contribution is -2.51. The monoisotopic (exact) mass is 370 g/mol. The Labute approximate surface area is 151 Å². The van der Waals surface area contributed by atoms with E-state index < -0.39 is 6.10 Å². The third-order valence-electron chi connectivity index (χ3n) is 4.52. The van der Waals surface area contributed by atoms with Crippen LogP contribution in [0.25, 0.3) is 0 Å². The summed E-state index contributed by atoms with van der Waals surface area (Å²) in [5, 5.41) is 11.2. The number of rotatable bonds is 5. The average Bonchev–Trinajstić information content (AvgIpc) is 3.38. The second kappa shape index (κ2) is 7.30. The fourth-order valence-electron chi connectivity index (χ4n) is 2.97. The van der Waals surface area contributed by atoms with E-state index in [9.17, 15) is 14.7 Å². The molecule has 2 fully saturated rings. The van der Waals surface area contributed by atoms with Gasteiger partial charge in [-0.1, -0.05) is 23.2 Å². The molecule has 0 spiro atoms. The van der Waals surface area contributed by atoms with Gasteiger partial charge in [0.1, 0.15) is 11.9 Å². The quantitative estimate of drug-likeness (QED) is 0.864. The Morgan fingerprint density at radius 3 is 2.21 bits per heavy atom. The predicted octanol–water partition coefficient (Wildman–Crippen LogP) is 2.37. The summed E-state index contributed by atoms with van der Waals surface area (Å²) in [4.78, 5) is 27.7. The number of piperazine rings is 1. The van der Waals surface area contributed by atoms with Gasteiger partial charge in [-0.25, -0.2) is 0 Å². The zero-order chi connectivity index (χ0) is 17.3. The lowest BCUT2D eigenvalue weighted by atomic mass is 10.1. The van der Waals surface area contributed by atoms with Crippen LogP contribution < -0.4 is 4.90 Å². The minimum absolute atomic E-state index is 0.00283. The molecule has 1 aromatic rings. The van der Waals surface area contributed by atoms with Crippen LogP contribution >= 0.6 is 23.2 Å². The first-order chi connectivity index (χ1) is 11.4. The van der Waals surface area contributed by atoms with Crippen molar-refractivity contribution >= 4 is 40.6 Å². The smallest absolute Gasteiger partial charge is 0.251 e. The van der Waals surface area contributed by atoms with Gasteiger partial charge in [-0.3, -0.25) is 9.59 Å². The van der Waals surface area contributed by atoms with Crippen LogP contribution in [0.4, 0.5) is 5.69 Å². The molecule has 1 aliphatic carbocycles. The number of carbonyl (C=O) groups excluding carboxylic acids is 2. The SMILES string of the molecule is O=C(CC(O)C(=O)N1CCN(c2cc(Cl)cc(Cl)c2)CC1)C1CC1. The van der Waals surface area contributed by atoms with Gasteiger partial charge in [0.25, 0.3) is 5.91 Å². The van der Waals surface area contributed by atoms with Gasteiger partial charge >= 0.3 is 0 Å². The van der Waals surface area contributed by atoms with E-state index in [-0.39, 0.29) is 24.0 Å². The van der Waals surface area contributed by atoms with Crippen LogP contribution in [0.3, 0.4) is 0 Å². The normalized spacial score (nSPS) is 19.3. The Morgan fingerprint density at radius 1 is 1.08 bits per heavy atom. The molecule has 1 atom stereocenters. The maximum absolute atomic E-state index is 12.3. The maximum Gasteiger partial charge on any atom is 0.251 e. The summed E-state index contributed by atoms with van der Waals surface area (Å²) in [6, 6.07) is 5.36. The molecule has 130 valence electrons. The number of benzene rings is 1. The Morgan fingerprint density at radius 2 is 1.67 bits per heavy atom. The predicted molar refractivity (Wildman–Crippen MR) is 93.6 cm³/mol. The fraction of sp³-hybridized carbons (Fsp3) is 0.529. The van der Waals surface area contributed by atoms with E-state index >= 15 is 0 Å². The molecule has 1 saturated heterocycles. The summed E-state index contributed by atoms with van der Waals surface area (Å²) in [6.45, 7) is 2.26. The van der Waals surface area contributed by atoms with E-state index in [2.05, 4.69) is 4.90 Å². The molecule has 1 saturated carbocycles. The minimum Gasteiger partial charge on any atom is -0.383 e. The van der Waals surface area contributed by atoms with Gasteiger partial charge in [-0.05, 0) is 31.0 Å². The highest BCUT2D eigenvalue weighted by molar-refractivity contribution is 6.35. The van der Waals surface area contributed by atoms with Gasteiger partial charge in [0.15, 0.2) is 0 Å². The summed E-state index contributed by atoms with van der Waals surface area (Å²) >= 11 is 12.1. The van der Waals surface area contributed by atoms with Crippen molar-refractivity contribution < 1.29 is 14.7 Å². The first-order valence-electron chi connectivity index (χ1n) is 8.14. The van der Waals surface area contributed by atoms with Crippen molar-refractivity contribution in [3.8, 4) is 0 Å². The fourth-order valence-corrected chi connectivity index (χ4v) is 3.48. The van der Waals surface area contributed by atoms with Crippen molar-refractivity contribution in [1.29, 1.82) is 0 Å². The second-order valence-electron chi connectivity index (χ2n) is 6.40. The number of amides is 1. The first-order valence-corrected chi connectivity index (χ1v) is 8.90. The first kappa shape index (κ1) is 17.5. The molecule has 0 radical (unpaired) electrons. The number of carbonyl (C=O) groups is 2. The number of halogens is 2. The molecular formula is C17H20Cl2N2O3. The highest BCUT2D eigenvalue weighted by Gasteiger charge is 2.34. The van der Waals surface area contributed by atoms with Crippen LogP contribution in [-0.2, 0) is 9.59 Å². The second-order valence-corrected chi connectivity index (χ2v) is 7.27. The maximum atomic E-state index is 12.3. The molecule has 3 rings (SSSR count). The molecule has 5 nitrogen and oxygen atoms in total. The van der Waals surface area contributed by atoms with Gasteiger partial charge in [0.05, 0.1) is 0 Å². The third-order valence-corrected chi connectivity index (χ3v) is 4.95. The number of Topliss-reactive ketones (excluding diaryl/α,β-unsaturated/α-hetero) is 1. The lowest BCUT2D eigenvalue weighted by molar-refractivity contribution is -0.143. The summed E-state index contributed by atoms with van der Waals surface area (Å²) in [5.74, 6) is -0.285. The van der Waals surface area contributed by atoms with E-state index in [4.69, 9.17) is 23.2 Å². The minimum atomic E-state index is -1.22. The lowest BCUT2D eigenvalue weighted by Gasteiger charge is -2.37. The molecule has 24 heavy (non-hydrogen) atoms. The highest BCUT2D eigenvalue weighted by atomic mass is 35.5. The zero-order valence-corrected chi connectivity index (χ0v) is 14.8. The molecule has 1 unspecified atom stereocenters. The zero-order valence-electron chi connectivity index (χ0n) is 13.3. The van der Waals surface area contributed by atoms with Crippen LogP contribution in [0.5, 0.6) is 0 Å². The van der Waals surface area contributed by atoms with Crippen molar-refractivity contribution in [2.45, 2.75) is 25.4 Å². The van der Waals surface area contributed by atoms with E-state index in [0.29, 0.717) is 36.2 Å². The summed E-state index contributed by atoms with van der Waals surface area (Å²) < 4.78 is 0. The number of ketones is 1. The van der Waals surface area contributed by atoms with E-state index in [0.717, 1.165) is 18.5 Å².